The Morgan fingerprint density at radius 2 is 1.96 bits per heavy atom. The molecule has 4 rings (SSSR count). The summed E-state index contributed by atoms with van der Waals surface area (Å²) in [7, 11) is 0. The van der Waals surface area contributed by atoms with Crippen molar-refractivity contribution in [2.24, 2.45) is 4.99 Å². The summed E-state index contributed by atoms with van der Waals surface area (Å²) in [5.74, 6) is 0. The van der Waals surface area contributed by atoms with Gasteiger partial charge in [0, 0.05) is 22.7 Å². The number of nitrogens with two attached hydrogens (primary N) is 1. The minimum absolute atomic E-state index is 0.738. The number of rotatable bonds is 2. The van der Waals surface area contributed by atoms with Gasteiger partial charge < -0.3 is 10.6 Å². The summed E-state index contributed by atoms with van der Waals surface area (Å²) in [6.07, 6.45) is 2.81. The van der Waals surface area contributed by atoms with Crippen molar-refractivity contribution in [3.05, 3.63) is 70.3 Å². The van der Waals surface area contributed by atoms with Crippen LogP contribution in [0.4, 0.5) is 22.7 Å². The average Bonchev–Trinajstić information content (AvgIpc) is 2.63. The zero-order chi connectivity index (χ0) is 18.3. The molecule has 2 aliphatic rings. The van der Waals surface area contributed by atoms with Crippen LogP contribution in [0.2, 0.25) is 0 Å². The SMILES string of the molecule is CC1=C(SC#N)C=C2C(=Nc3cc(C)c(N)cc3N2c2ccccc2)C1. The van der Waals surface area contributed by atoms with E-state index in [1.807, 2.05) is 37.3 Å². The Bertz CT molecular complexity index is 1030. The molecule has 0 unspecified atom stereocenters. The maximum absolute atomic E-state index is 9.13. The van der Waals surface area contributed by atoms with Crippen LogP contribution < -0.4 is 10.6 Å². The molecule has 128 valence electrons. The van der Waals surface area contributed by atoms with Crippen molar-refractivity contribution in [1.29, 1.82) is 5.26 Å². The quantitative estimate of drug-likeness (QED) is 0.562. The van der Waals surface area contributed by atoms with Crippen LogP contribution in [-0.4, -0.2) is 5.71 Å². The number of benzene rings is 2. The van der Waals surface area contributed by atoms with Crippen molar-refractivity contribution in [3.63, 3.8) is 0 Å². The van der Waals surface area contributed by atoms with E-state index in [1.165, 1.54) is 17.3 Å². The third-order valence-electron chi connectivity index (χ3n) is 4.69. The van der Waals surface area contributed by atoms with Gasteiger partial charge in [0.05, 0.1) is 22.8 Å². The smallest absolute Gasteiger partial charge is 0.138 e. The fourth-order valence-corrected chi connectivity index (χ4v) is 3.83. The highest BCUT2D eigenvalue weighted by Crippen LogP contribution is 2.46. The van der Waals surface area contributed by atoms with Gasteiger partial charge in [0.25, 0.3) is 0 Å². The number of aliphatic imine (C=N–C) groups is 1. The maximum Gasteiger partial charge on any atom is 0.138 e. The number of nitrogen functional groups attached to an aromatic ring is 1. The Balaban J connectivity index is 1.96. The maximum atomic E-state index is 9.13. The lowest BCUT2D eigenvalue weighted by Crippen LogP contribution is -2.28. The summed E-state index contributed by atoms with van der Waals surface area (Å²) in [5, 5.41) is 11.3. The van der Waals surface area contributed by atoms with E-state index < -0.39 is 0 Å². The molecule has 0 aromatic heterocycles. The molecular weight excluding hydrogens is 340 g/mol. The molecule has 26 heavy (non-hydrogen) atoms. The van der Waals surface area contributed by atoms with Gasteiger partial charge in [0.15, 0.2) is 0 Å². The zero-order valence-electron chi connectivity index (χ0n) is 14.7. The summed E-state index contributed by atoms with van der Waals surface area (Å²) < 4.78 is 0. The van der Waals surface area contributed by atoms with E-state index in [0.717, 1.165) is 51.0 Å². The predicted octanol–water partition coefficient (Wildman–Crippen LogP) is 5.58. The van der Waals surface area contributed by atoms with Gasteiger partial charge in [0.2, 0.25) is 0 Å². The fraction of sp³-hybridized carbons (Fsp3) is 0.143. The molecular formula is C21H18N4S. The molecule has 0 saturated carbocycles. The molecule has 4 nitrogen and oxygen atoms in total. The topological polar surface area (TPSA) is 65.4 Å². The lowest BCUT2D eigenvalue weighted by atomic mass is 9.96. The van der Waals surface area contributed by atoms with Crippen molar-refractivity contribution < 1.29 is 0 Å². The first-order chi connectivity index (χ1) is 12.6. The number of hydrogen-bond acceptors (Lipinski definition) is 5. The number of anilines is 3. The molecule has 0 atom stereocenters. The molecule has 1 heterocycles. The van der Waals surface area contributed by atoms with Gasteiger partial charge in [-0.2, -0.15) is 5.26 Å². The van der Waals surface area contributed by atoms with E-state index in [1.54, 1.807) is 0 Å². The Hall–Kier alpha value is -2.97. The first-order valence-corrected chi connectivity index (χ1v) is 9.20. The third kappa shape index (κ3) is 2.69. The summed E-state index contributed by atoms with van der Waals surface area (Å²) in [6.45, 7) is 4.06. The van der Waals surface area contributed by atoms with Crippen LogP contribution in [0.15, 0.2) is 69.7 Å². The lowest BCUT2D eigenvalue weighted by molar-refractivity contribution is 1.12. The highest BCUT2D eigenvalue weighted by Gasteiger charge is 2.30. The van der Waals surface area contributed by atoms with Crippen LogP contribution in [0.25, 0.3) is 0 Å². The Kier molecular flexibility index (Phi) is 4.06. The average molecular weight is 358 g/mol. The van der Waals surface area contributed by atoms with Crippen LogP contribution in [0.3, 0.4) is 0 Å². The van der Waals surface area contributed by atoms with Gasteiger partial charge in [-0.15, -0.1) is 0 Å². The van der Waals surface area contributed by atoms with Crippen molar-refractivity contribution in [3.8, 4) is 5.40 Å². The molecule has 0 amide bonds. The van der Waals surface area contributed by atoms with Gasteiger partial charge in [-0.3, -0.25) is 0 Å². The van der Waals surface area contributed by atoms with E-state index in [0.29, 0.717) is 0 Å². The first kappa shape index (κ1) is 16.5. The molecule has 1 aliphatic heterocycles. The van der Waals surface area contributed by atoms with Crippen LogP contribution in [0, 0.1) is 17.6 Å². The number of nitrogens with zero attached hydrogens (tertiary/aromatic N) is 3. The van der Waals surface area contributed by atoms with Crippen molar-refractivity contribution >= 4 is 40.2 Å². The van der Waals surface area contributed by atoms with Crippen LogP contribution >= 0.6 is 11.8 Å². The monoisotopic (exact) mass is 358 g/mol. The first-order valence-electron chi connectivity index (χ1n) is 8.39. The zero-order valence-corrected chi connectivity index (χ0v) is 15.5. The number of nitriles is 1. The molecule has 0 saturated heterocycles. The van der Waals surface area contributed by atoms with Crippen LogP contribution in [0.1, 0.15) is 18.9 Å². The van der Waals surface area contributed by atoms with Crippen molar-refractivity contribution in [2.45, 2.75) is 20.3 Å². The summed E-state index contributed by atoms with van der Waals surface area (Å²) in [5.41, 5.74) is 14.1. The molecule has 2 aromatic carbocycles. The van der Waals surface area contributed by atoms with Crippen molar-refractivity contribution in [1.82, 2.24) is 0 Å². The molecule has 2 aromatic rings. The third-order valence-corrected chi connectivity index (χ3v) is 5.46. The normalized spacial score (nSPS) is 15.7. The van der Waals surface area contributed by atoms with E-state index in [9.17, 15) is 0 Å². The molecule has 1 aliphatic carbocycles. The van der Waals surface area contributed by atoms with Crippen LogP contribution in [-0.2, 0) is 0 Å². The Morgan fingerprint density at radius 1 is 1.19 bits per heavy atom. The number of aryl methyl sites for hydroxylation is 1. The number of allylic oxidation sites excluding steroid dienone is 3. The number of thioether (sulfide) groups is 1. The fourth-order valence-electron chi connectivity index (χ4n) is 3.31. The molecule has 0 radical (unpaired) electrons. The highest BCUT2D eigenvalue weighted by atomic mass is 32.2. The molecule has 0 bridgehead atoms. The number of hydrogen-bond donors (Lipinski definition) is 1. The second-order valence-corrected chi connectivity index (χ2v) is 7.30. The van der Waals surface area contributed by atoms with E-state index >= 15 is 0 Å². The Labute approximate surface area is 157 Å². The second-order valence-electron chi connectivity index (χ2n) is 6.47. The van der Waals surface area contributed by atoms with Gasteiger partial charge >= 0.3 is 0 Å². The lowest BCUT2D eigenvalue weighted by Gasteiger charge is -2.35. The van der Waals surface area contributed by atoms with Gasteiger partial charge in [-0.25, -0.2) is 4.99 Å². The van der Waals surface area contributed by atoms with Gasteiger partial charge in [-0.05, 0) is 61.5 Å². The molecule has 5 heteroatoms. The number of fused-ring (bicyclic) bond motifs is 2. The highest BCUT2D eigenvalue weighted by molar-refractivity contribution is 8.07. The summed E-state index contributed by atoms with van der Waals surface area (Å²) in [6, 6.07) is 14.2. The summed E-state index contributed by atoms with van der Waals surface area (Å²) >= 11 is 1.20. The largest absolute Gasteiger partial charge is 0.398 e. The number of para-hydroxylation sites is 1. The van der Waals surface area contributed by atoms with Gasteiger partial charge in [0.1, 0.15) is 5.40 Å². The predicted molar refractivity (Wildman–Crippen MR) is 110 cm³/mol. The minimum Gasteiger partial charge on any atom is -0.398 e. The standard InChI is InChI=1S/C21H18N4S/c1-13-8-17-19(10-16(13)23)25(15-6-4-3-5-7-15)20-11-21(26-12-22)14(2)9-18(20)24-17/h3-8,10-11H,9,23H2,1-2H3. The van der Waals surface area contributed by atoms with E-state index in [4.69, 9.17) is 16.0 Å². The Morgan fingerprint density at radius 3 is 2.69 bits per heavy atom. The van der Waals surface area contributed by atoms with Crippen molar-refractivity contribution in [2.75, 3.05) is 10.6 Å². The van der Waals surface area contributed by atoms with E-state index in [2.05, 4.69) is 35.4 Å². The summed E-state index contributed by atoms with van der Waals surface area (Å²) in [4.78, 5) is 8.10. The molecule has 0 fully saturated rings. The van der Waals surface area contributed by atoms with E-state index in [-0.39, 0.29) is 0 Å². The second kappa shape index (κ2) is 6.40. The number of thiocyanates is 1. The van der Waals surface area contributed by atoms with Crippen LogP contribution in [0.5, 0.6) is 0 Å². The molecule has 2 N–H and O–H groups in total. The molecule has 0 spiro atoms. The minimum atomic E-state index is 0.738. The van der Waals surface area contributed by atoms with Gasteiger partial charge in [-0.1, -0.05) is 23.8 Å².